The largest absolute Gasteiger partial charge is 0.384 e. The zero-order valence-electron chi connectivity index (χ0n) is 13.8. The molecule has 8 heteroatoms. The van der Waals surface area contributed by atoms with Crippen LogP contribution >= 0.6 is 11.6 Å². The van der Waals surface area contributed by atoms with Gasteiger partial charge in [0.15, 0.2) is 5.82 Å². The first kappa shape index (κ1) is 17.6. The molecule has 6 nitrogen and oxygen atoms in total. The first-order chi connectivity index (χ1) is 12.0. The molecule has 2 N–H and O–H groups in total. The van der Waals surface area contributed by atoms with Crippen molar-refractivity contribution >= 4 is 23.3 Å². The van der Waals surface area contributed by atoms with Crippen LogP contribution in [0.5, 0.6) is 0 Å². The Morgan fingerprint density at radius 2 is 2.28 bits per heavy atom. The van der Waals surface area contributed by atoms with E-state index in [0.717, 1.165) is 6.42 Å². The number of hydrogen-bond donors (Lipinski definition) is 1. The van der Waals surface area contributed by atoms with Crippen molar-refractivity contribution in [2.75, 3.05) is 25.9 Å². The van der Waals surface area contributed by atoms with Crippen molar-refractivity contribution in [3.8, 4) is 0 Å². The minimum atomic E-state index is -0.667. The summed E-state index contributed by atoms with van der Waals surface area (Å²) in [6, 6.07) is 6.26. The number of carbonyl (C=O) groups is 1. The summed E-state index contributed by atoms with van der Waals surface area (Å²) in [7, 11) is 1.95. The summed E-state index contributed by atoms with van der Waals surface area (Å²) >= 11 is 5.77. The predicted octanol–water partition coefficient (Wildman–Crippen LogP) is 2.20. The van der Waals surface area contributed by atoms with Crippen LogP contribution in [-0.4, -0.2) is 51.9 Å². The fraction of sp³-hybridized carbons (Fsp3) is 0.353. The Hall–Kier alpha value is -2.25. The van der Waals surface area contributed by atoms with Crippen molar-refractivity contribution in [3.05, 3.63) is 52.7 Å². The number of likely N-dealkylation sites (N-methyl/N-ethyl adjacent to an activating group) is 1. The molecule has 1 aliphatic heterocycles. The first-order valence-corrected chi connectivity index (χ1v) is 8.34. The maximum Gasteiger partial charge on any atom is 0.256 e. The van der Waals surface area contributed by atoms with Gasteiger partial charge in [-0.05, 0) is 31.7 Å². The van der Waals surface area contributed by atoms with E-state index < -0.39 is 5.82 Å². The summed E-state index contributed by atoms with van der Waals surface area (Å²) in [5.41, 5.74) is 5.68. The van der Waals surface area contributed by atoms with Gasteiger partial charge in [0.2, 0.25) is 0 Å². The highest BCUT2D eigenvalue weighted by Gasteiger charge is 2.31. The van der Waals surface area contributed by atoms with Gasteiger partial charge in [-0.15, -0.1) is 0 Å². The highest BCUT2D eigenvalue weighted by atomic mass is 35.5. The van der Waals surface area contributed by atoms with Crippen molar-refractivity contribution in [2.45, 2.75) is 19.0 Å². The SMILES string of the molecule is CN(Cc1nccc(N)n1)[C@H]1CCN(C(=O)c2cccc(Cl)c2F)C1. The lowest BCUT2D eigenvalue weighted by Gasteiger charge is -2.24. The molecule has 0 aliphatic carbocycles. The van der Waals surface area contributed by atoms with Crippen LogP contribution in [0.15, 0.2) is 30.5 Å². The lowest BCUT2D eigenvalue weighted by molar-refractivity contribution is 0.0774. The molecule has 0 saturated carbocycles. The second-order valence-corrected chi connectivity index (χ2v) is 6.52. The van der Waals surface area contributed by atoms with Gasteiger partial charge in [-0.25, -0.2) is 14.4 Å². The van der Waals surface area contributed by atoms with Gasteiger partial charge in [0.05, 0.1) is 17.1 Å². The summed E-state index contributed by atoms with van der Waals surface area (Å²) in [6.07, 6.45) is 2.42. The number of nitrogens with two attached hydrogens (primary N) is 1. The Bertz CT molecular complexity index is 787. The molecule has 2 aromatic rings. The number of amides is 1. The maximum atomic E-state index is 14.1. The molecule has 0 bridgehead atoms. The number of likely N-dealkylation sites (tertiary alicyclic amines) is 1. The van der Waals surface area contributed by atoms with Crippen LogP contribution in [0.3, 0.4) is 0 Å². The molecular formula is C17H19ClFN5O. The number of benzene rings is 1. The van der Waals surface area contributed by atoms with E-state index in [-0.39, 0.29) is 22.5 Å². The summed E-state index contributed by atoms with van der Waals surface area (Å²) in [5, 5.41) is -0.0440. The Morgan fingerprint density at radius 3 is 3.04 bits per heavy atom. The monoisotopic (exact) mass is 363 g/mol. The number of nitrogens with zero attached hydrogens (tertiary/aromatic N) is 4. The van der Waals surface area contributed by atoms with E-state index in [1.54, 1.807) is 23.2 Å². The molecule has 1 atom stereocenters. The molecule has 2 heterocycles. The molecule has 25 heavy (non-hydrogen) atoms. The van der Waals surface area contributed by atoms with E-state index in [0.29, 0.717) is 31.3 Å². The normalized spacial score (nSPS) is 17.3. The fourth-order valence-electron chi connectivity index (χ4n) is 2.97. The van der Waals surface area contributed by atoms with Gasteiger partial charge in [-0.3, -0.25) is 9.69 Å². The van der Waals surface area contributed by atoms with Crippen molar-refractivity contribution < 1.29 is 9.18 Å². The Kier molecular flexibility index (Phi) is 5.15. The van der Waals surface area contributed by atoms with E-state index in [9.17, 15) is 9.18 Å². The van der Waals surface area contributed by atoms with Crippen LogP contribution in [0, 0.1) is 5.82 Å². The van der Waals surface area contributed by atoms with Crippen LogP contribution in [0.2, 0.25) is 5.02 Å². The van der Waals surface area contributed by atoms with Gasteiger partial charge in [0.25, 0.3) is 5.91 Å². The number of hydrogen-bond acceptors (Lipinski definition) is 5. The number of nitrogen functional groups attached to an aromatic ring is 1. The highest BCUT2D eigenvalue weighted by molar-refractivity contribution is 6.31. The third kappa shape index (κ3) is 3.88. The second-order valence-electron chi connectivity index (χ2n) is 6.11. The minimum Gasteiger partial charge on any atom is -0.384 e. The molecule has 1 fully saturated rings. The molecular weight excluding hydrogens is 345 g/mol. The zero-order chi connectivity index (χ0) is 18.0. The molecule has 1 aromatic carbocycles. The van der Waals surface area contributed by atoms with Gasteiger partial charge in [0.1, 0.15) is 11.6 Å². The Labute approximate surface area is 150 Å². The molecule has 0 radical (unpaired) electrons. The Morgan fingerprint density at radius 1 is 1.48 bits per heavy atom. The topological polar surface area (TPSA) is 75.4 Å². The van der Waals surface area contributed by atoms with E-state index in [4.69, 9.17) is 17.3 Å². The Balaban J connectivity index is 1.64. The van der Waals surface area contributed by atoms with Crippen molar-refractivity contribution in [2.24, 2.45) is 0 Å². The van der Waals surface area contributed by atoms with Crippen LogP contribution in [-0.2, 0) is 6.54 Å². The fourth-order valence-corrected chi connectivity index (χ4v) is 3.14. The standard InChI is InChI=1S/C17H19ClFN5O/c1-23(10-15-21-7-5-14(20)22-15)11-6-8-24(9-11)17(25)12-3-2-4-13(18)16(12)19/h2-5,7,11H,6,8-10H2,1H3,(H2,20,21,22)/t11-/m0/s1. The first-order valence-electron chi connectivity index (χ1n) is 7.96. The van der Waals surface area contributed by atoms with E-state index >= 15 is 0 Å². The molecule has 1 amide bonds. The molecule has 1 aliphatic rings. The van der Waals surface area contributed by atoms with Crippen LogP contribution in [0.4, 0.5) is 10.2 Å². The van der Waals surface area contributed by atoms with Crippen LogP contribution < -0.4 is 5.73 Å². The summed E-state index contributed by atoms with van der Waals surface area (Å²) in [6.45, 7) is 1.62. The van der Waals surface area contributed by atoms with Crippen LogP contribution in [0.25, 0.3) is 0 Å². The second kappa shape index (κ2) is 7.33. The van der Waals surface area contributed by atoms with Gasteiger partial charge in [-0.2, -0.15) is 0 Å². The zero-order valence-corrected chi connectivity index (χ0v) is 14.6. The van der Waals surface area contributed by atoms with Crippen molar-refractivity contribution in [3.63, 3.8) is 0 Å². The molecule has 132 valence electrons. The maximum absolute atomic E-state index is 14.1. The van der Waals surface area contributed by atoms with Gasteiger partial charge in [0, 0.05) is 25.3 Å². The lowest BCUT2D eigenvalue weighted by Crippen LogP contribution is -2.36. The van der Waals surface area contributed by atoms with Crippen LogP contribution in [0.1, 0.15) is 22.6 Å². The number of rotatable bonds is 4. The molecule has 0 unspecified atom stereocenters. The summed E-state index contributed by atoms with van der Waals surface area (Å²) in [4.78, 5) is 24.7. The van der Waals surface area contributed by atoms with E-state index in [1.165, 1.54) is 12.1 Å². The number of carbonyl (C=O) groups excluding carboxylic acids is 1. The summed E-state index contributed by atoms with van der Waals surface area (Å²) in [5.74, 6) is 0.0569. The minimum absolute atomic E-state index is 0.00923. The van der Waals surface area contributed by atoms with E-state index in [1.807, 2.05) is 7.05 Å². The molecule has 3 rings (SSSR count). The van der Waals surface area contributed by atoms with E-state index in [2.05, 4.69) is 14.9 Å². The third-order valence-electron chi connectivity index (χ3n) is 4.37. The number of anilines is 1. The predicted molar refractivity (Wildman–Crippen MR) is 93.6 cm³/mol. The van der Waals surface area contributed by atoms with Gasteiger partial charge < -0.3 is 10.6 Å². The summed E-state index contributed by atoms with van der Waals surface area (Å²) < 4.78 is 14.1. The van der Waals surface area contributed by atoms with Gasteiger partial charge >= 0.3 is 0 Å². The van der Waals surface area contributed by atoms with Crippen molar-refractivity contribution in [1.29, 1.82) is 0 Å². The lowest BCUT2D eigenvalue weighted by atomic mass is 10.2. The molecule has 1 aromatic heterocycles. The average Bonchev–Trinajstić information content (AvgIpc) is 3.07. The van der Waals surface area contributed by atoms with Gasteiger partial charge in [-0.1, -0.05) is 17.7 Å². The highest BCUT2D eigenvalue weighted by Crippen LogP contribution is 2.23. The molecule has 0 spiro atoms. The average molecular weight is 364 g/mol. The number of halogens is 2. The number of aromatic nitrogens is 2. The van der Waals surface area contributed by atoms with Crippen molar-refractivity contribution in [1.82, 2.24) is 19.8 Å². The third-order valence-corrected chi connectivity index (χ3v) is 4.67. The molecule has 1 saturated heterocycles. The smallest absolute Gasteiger partial charge is 0.256 e. The quantitative estimate of drug-likeness (QED) is 0.901.